The lowest BCUT2D eigenvalue weighted by Gasteiger charge is -2.09. The summed E-state index contributed by atoms with van der Waals surface area (Å²) < 4.78 is 4.90. The van der Waals surface area contributed by atoms with Gasteiger partial charge in [0.15, 0.2) is 5.82 Å². The van der Waals surface area contributed by atoms with Crippen molar-refractivity contribution in [2.75, 3.05) is 10.6 Å². The Hall–Kier alpha value is -2.30. The fourth-order valence-corrected chi connectivity index (χ4v) is 2.09. The molecule has 2 N–H and O–H groups in total. The van der Waals surface area contributed by atoms with Gasteiger partial charge in [-0.1, -0.05) is 23.4 Å². The summed E-state index contributed by atoms with van der Waals surface area (Å²) in [6, 6.07) is 9.37. The third-order valence-corrected chi connectivity index (χ3v) is 2.97. The Morgan fingerprint density at radius 3 is 3.06 bits per heavy atom. The summed E-state index contributed by atoms with van der Waals surface area (Å²) in [7, 11) is 0. The van der Waals surface area contributed by atoms with E-state index in [0.29, 0.717) is 18.0 Å². The smallest absolute Gasteiger partial charge is 0.248 e. The van der Waals surface area contributed by atoms with Crippen molar-refractivity contribution < 1.29 is 9.32 Å². The van der Waals surface area contributed by atoms with Gasteiger partial charge in [-0.2, -0.15) is 0 Å². The van der Waals surface area contributed by atoms with Crippen LogP contribution in [0.3, 0.4) is 0 Å². The van der Waals surface area contributed by atoms with Crippen molar-refractivity contribution in [1.82, 2.24) is 5.16 Å². The molecule has 5 heteroatoms. The first kappa shape index (κ1) is 10.8. The first-order valence-corrected chi connectivity index (χ1v) is 5.81. The van der Waals surface area contributed by atoms with Gasteiger partial charge in [0.25, 0.3) is 0 Å². The first-order valence-electron chi connectivity index (χ1n) is 5.81. The second-order valence-corrected chi connectivity index (χ2v) is 4.37. The van der Waals surface area contributed by atoms with Crippen molar-refractivity contribution in [3.05, 3.63) is 41.7 Å². The standard InChI is InChI=1S/C13H13N3O2/c1-8-6-12(16-18-8)15-13(17)11-7-9-4-2-3-5-10(9)14-11/h2-6,11,14H,7H2,1H3,(H,15,16,17)/t11-/m0/s1. The van der Waals surface area contributed by atoms with E-state index in [1.165, 1.54) is 0 Å². The fraction of sp³-hybridized carbons (Fsp3) is 0.231. The normalized spacial score (nSPS) is 17.1. The van der Waals surface area contributed by atoms with Gasteiger partial charge in [0, 0.05) is 18.2 Å². The Morgan fingerprint density at radius 1 is 1.50 bits per heavy atom. The van der Waals surface area contributed by atoms with Gasteiger partial charge in [-0.15, -0.1) is 0 Å². The molecule has 1 atom stereocenters. The largest absolute Gasteiger partial charge is 0.373 e. The van der Waals surface area contributed by atoms with E-state index in [2.05, 4.69) is 15.8 Å². The maximum absolute atomic E-state index is 12.0. The van der Waals surface area contributed by atoms with Crippen LogP contribution >= 0.6 is 0 Å². The van der Waals surface area contributed by atoms with Crippen molar-refractivity contribution in [2.24, 2.45) is 0 Å². The molecule has 0 radical (unpaired) electrons. The molecule has 1 aliphatic heterocycles. The molecule has 1 aliphatic rings. The van der Waals surface area contributed by atoms with Crippen LogP contribution < -0.4 is 10.6 Å². The molecule has 3 rings (SSSR count). The minimum absolute atomic E-state index is 0.0977. The molecule has 5 nitrogen and oxygen atoms in total. The Labute approximate surface area is 104 Å². The molecule has 0 aliphatic carbocycles. The number of nitrogens with one attached hydrogen (secondary N) is 2. The van der Waals surface area contributed by atoms with Gasteiger partial charge in [0.1, 0.15) is 11.8 Å². The molecule has 0 saturated carbocycles. The maximum Gasteiger partial charge on any atom is 0.248 e. The minimum Gasteiger partial charge on any atom is -0.373 e. The Kier molecular flexibility index (Phi) is 2.51. The highest BCUT2D eigenvalue weighted by Crippen LogP contribution is 2.25. The number of carbonyl (C=O) groups excluding carboxylic acids is 1. The monoisotopic (exact) mass is 243 g/mol. The van der Waals surface area contributed by atoms with Crippen molar-refractivity contribution in [1.29, 1.82) is 0 Å². The maximum atomic E-state index is 12.0. The zero-order chi connectivity index (χ0) is 12.5. The number of aryl methyl sites for hydroxylation is 1. The average Bonchev–Trinajstić information content (AvgIpc) is 2.95. The summed E-state index contributed by atoms with van der Waals surface area (Å²) in [5.41, 5.74) is 2.18. The summed E-state index contributed by atoms with van der Waals surface area (Å²) >= 11 is 0. The highest BCUT2D eigenvalue weighted by atomic mass is 16.5. The number of fused-ring (bicyclic) bond motifs is 1. The molecule has 0 saturated heterocycles. The van der Waals surface area contributed by atoms with Gasteiger partial charge >= 0.3 is 0 Å². The Balaban J connectivity index is 1.69. The highest BCUT2D eigenvalue weighted by molar-refractivity contribution is 5.97. The van der Waals surface area contributed by atoms with E-state index in [-0.39, 0.29) is 11.9 Å². The van der Waals surface area contributed by atoms with Gasteiger partial charge in [0.05, 0.1) is 0 Å². The van der Waals surface area contributed by atoms with Crippen LogP contribution in [0.15, 0.2) is 34.9 Å². The first-order chi connectivity index (χ1) is 8.72. The molecule has 2 heterocycles. The van der Waals surface area contributed by atoms with E-state index in [1.807, 2.05) is 24.3 Å². The van der Waals surface area contributed by atoms with Crippen LogP contribution in [0.4, 0.5) is 11.5 Å². The number of para-hydroxylation sites is 1. The Morgan fingerprint density at radius 2 is 2.33 bits per heavy atom. The number of aromatic nitrogens is 1. The molecule has 2 aromatic rings. The zero-order valence-electron chi connectivity index (χ0n) is 9.93. The quantitative estimate of drug-likeness (QED) is 0.846. The summed E-state index contributed by atoms with van der Waals surface area (Å²) in [4.78, 5) is 12.0. The molecule has 18 heavy (non-hydrogen) atoms. The molecule has 0 bridgehead atoms. The van der Waals surface area contributed by atoms with Crippen molar-refractivity contribution >= 4 is 17.4 Å². The fourth-order valence-electron chi connectivity index (χ4n) is 2.09. The predicted molar refractivity (Wildman–Crippen MR) is 67.4 cm³/mol. The second-order valence-electron chi connectivity index (χ2n) is 4.37. The van der Waals surface area contributed by atoms with Crippen molar-refractivity contribution in [3.63, 3.8) is 0 Å². The summed E-state index contributed by atoms with van der Waals surface area (Å²) in [5.74, 6) is 1.03. The van der Waals surface area contributed by atoms with Crippen LogP contribution in [-0.4, -0.2) is 17.1 Å². The number of hydrogen-bond acceptors (Lipinski definition) is 4. The zero-order valence-corrected chi connectivity index (χ0v) is 9.93. The number of benzene rings is 1. The highest BCUT2D eigenvalue weighted by Gasteiger charge is 2.26. The summed E-state index contributed by atoms with van der Waals surface area (Å²) in [5, 5.41) is 9.67. The topological polar surface area (TPSA) is 67.2 Å². The molecular weight excluding hydrogens is 230 g/mol. The van der Waals surface area contributed by atoms with Crippen molar-refractivity contribution in [3.8, 4) is 0 Å². The van der Waals surface area contributed by atoms with Gasteiger partial charge in [0.2, 0.25) is 5.91 Å². The van der Waals surface area contributed by atoms with Crippen LogP contribution in [0.1, 0.15) is 11.3 Å². The lowest BCUT2D eigenvalue weighted by Crippen LogP contribution is -2.32. The minimum atomic E-state index is -0.251. The molecule has 0 fully saturated rings. The number of nitrogens with zero attached hydrogens (tertiary/aromatic N) is 1. The van der Waals surface area contributed by atoms with E-state index >= 15 is 0 Å². The number of anilines is 2. The van der Waals surface area contributed by atoms with Crippen LogP contribution in [0, 0.1) is 6.92 Å². The second kappa shape index (κ2) is 4.18. The molecule has 1 aromatic carbocycles. The van der Waals surface area contributed by atoms with Gasteiger partial charge in [-0.25, -0.2) is 0 Å². The van der Waals surface area contributed by atoms with Gasteiger partial charge < -0.3 is 15.2 Å². The number of hydrogen-bond donors (Lipinski definition) is 2. The predicted octanol–water partition coefficient (Wildman–Crippen LogP) is 1.96. The SMILES string of the molecule is Cc1cc(NC(=O)[C@@H]2Cc3ccccc3N2)no1. The molecular formula is C13H13N3O2. The molecule has 1 aromatic heterocycles. The summed E-state index contributed by atoms with van der Waals surface area (Å²) in [6.07, 6.45) is 0.693. The Bertz CT molecular complexity index is 566. The van der Waals surface area contributed by atoms with Crippen LogP contribution in [0.5, 0.6) is 0 Å². The number of amides is 1. The number of rotatable bonds is 2. The lowest BCUT2D eigenvalue weighted by molar-refractivity contribution is -0.116. The average molecular weight is 243 g/mol. The van der Waals surface area contributed by atoms with E-state index < -0.39 is 0 Å². The third kappa shape index (κ3) is 1.95. The van der Waals surface area contributed by atoms with Gasteiger partial charge in [-0.05, 0) is 18.6 Å². The summed E-state index contributed by atoms with van der Waals surface area (Å²) in [6.45, 7) is 1.78. The molecule has 0 spiro atoms. The molecule has 0 unspecified atom stereocenters. The lowest BCUT2D eigenvalue weighted by atomic mass is 10.1. The third-order valence-electron chi connectivity index (χ3n) is 2.97. The molecule has 92 valence electrons. The molecule has 1 amide bonds. The van der Waals surface area contributed by atoms with Crippen LogP contribution in [-0.2, 0) is 11.2 Å². The van der Waals surface area contributed by atoms with Gasteiger partial charge in [-0.3, -0.25) is 4.79 Å². The van der Waals surface area contributed by atoms with E-state index in [0.717, 1.165) is 11.3 Å². The van der Waals surface area contributed by atoms with Crippen molar-refractivity contribution in [2.45, 2.75) is 19.4 Å². The number of carbonyl (C=O) groups is 1. The van der Waals surface area contributed by atoms with Crippen LogP contribution in [0.25, 0.3) is 0 Å². The van der Waals surface area contributed by atoms with E-state index in [4.69, 9.17) is 4.52 Å². The van der Waals surface area contributed by atoms with E-state index in [9.17, 15) is 4.79 Å². The van der Waals surface area contributed by atoms with Crippen LogP contribution in [0.2, 0.25) is 0 Å². The van der Waals surface area contributed by atoms with E-state index in [1.54, 1.807) is 13.0 Å².